The van der Waals surface area contributed by atoms with Crippen LogP contribution in [0.3, 0.4) is 0 Å². The maximum atomic E-state index is 11.9. The van der Waals surface area contributed by atoms with Crippen LogP contribution >= 0.6 is 11.8 Å². The lowest BCUT2D eigenvalue weighted by Crippen LogP contribution is -2.50. The number of amides is 1. The van der Waals surface area contributed by atoms with Gasteiger partial charge >= 0.3 is 0 Å². The third-order valence-corrected chi connectivity index (χ3v) is 4.59. The first-order valence-electron chi connectivity index (χ1n) is 6.51. The van der Waals surface area contributed by atoms with E-state index in [-0.39, 0.29) is 11.9 Å². The summed E-state index contributed by atoms with van der Waals surface area (Å²) in [6.07, 6.45) is 2.45. The number of carbonyl (C=O) groups is 1. The Balaban J connectivity index is 1.71. The summed E-state index contributed by atoms with van der Waals surface area (Å²) in [5, 5.41) is 6.32. The molecule has 2 rings (SSSR count). The maximum Gasteiger partial charge on any atom is 0.238 e. The fourth-order valence-corrected chi connectivity index (χ4v) is 3.40. The van der Waals surface area contributed by atoms with E-state index in [0.29, 0.717) is 12.0 Å². The standard InChI is InChI=1S/C12H22N2O2S/c1-2-11-9(3-5-16-11)7-14-12(15)10-8-17-6-4-13-10/h9-11,13H,2-8H2,1H3,(H,14,15). The Labute approximate surface area is 107 Å². The predicted octanol–water partition coefficient (Wildman–Crippen LogP) is 0.623. The molecule has 0 aromatic rings. The average Bonchev–Trinajstić information content (AvgIpc) is 2.84. The fraction of sp³-hybridized carbons (Fsp3) is 0.917. The van der Waals surface area contributed by atoms with Gasteiger partial charge < -0.3 is 15.4 Å². The van der Waals surface area contributed by atoms with Crippen molar-refractivity contribution in [3.8, 4) is 0 Å². The summed E-state index contributed by atoms with van der Waals surface area (Å²) in [4.78, 5) is 11.9. The summed E-state index contributed by atoms with van der Waals surface area (Å²) in [6.45, 7) is 4.69. The van der Waals surface area contributed by atoms with Gasteiger partial charge in [0.1, 0.15) is 0 Å². The van der Waals surface area contributed by atoms with Gasteiger partial charge in [0.15, 0.2) is 0 Å². The molecule has 0 radical (unpaired) electrons. The highest BCUT2D eigenvalue weighted by Crippen LogP contribution is 2.22. The van der Waals surface area contributed by atoms with E-state index in [0.717, 1.165) is 44.0 Å². The summed E-state index contributed by atoms with van der Waals surface area (Å²) < 4.78 is 5.62. The molecule has 0 aromatic carbocycles. The van der Waals surface area contributed by atoms with Crippen molar-refractivity contribution < 1.29 is 9.53 Å². The van der Waals surface area contributed by atoms with Crippen LogP contribution in [0, 0.1) is 5.92 Å². The van der Waals surface area contributed by atoms with Gasteiger partial charge in [-0.1, -0.05) is 6.92 Å². The van der Waals surface area contributed by atoms with Crippen LogP contribution in [-0.2, 0) is 9.53 Å². The zero-order chi connectivity index (χ0) is 12.1. The van der Waals surface area contributed by atoms with Gasteiger partial charge in [0.2, 0.25) is 5.91 Å². The first-order chi connectivity index (χ1) is 8.31. The van der Waals surface area contributed by atoms with Gasteiger partial charge in [-0.3, -0.25) is 4.79 Å². The highest BCUT2D eigenvalue weighted by Gasteiger charge is 2.28. The molecular formula is C12H22N2O2S. The van der Waals surface area contributed by atoms with Crippen LogP contribution in [0.2, 0.25) is 0 Å². The van der Waals surface area contributed by atoms with Gasteiger partial charge in [0.25, 0.3) is 0 Å². The number of thioether (sulfide) groups is 1. The molecule has 3 unspecified atom stereocenters. The molecule has 0 spiro atoms. The molecule has 4 nitrogen and oxygen atoms in total. The minimum atomic E-state index is -0.00357. The van der Waals surface area contributed by atoms with E-state index < -0.39 is 0 Å². The largest absolute Gasteiger partial charge is 0.378 e. The summed E-state index contributed by atoms with van der Waals surface area (Å²) in [7, 11) is 0. The Morgan fingerprint density at radius 3 is 3.18 bits per heavy atom. The van der Waals surface area contributed by atoms with E-state index in [9.17, 15) is 4.79 Å². The van der Waals surface area contributed by atoms with Crippen LogP contribution in [0.25, 0.3) is 0 Å². The Morgan fingerprint density at radius 2 is 2.47 bits per heavy atom. The van der Waals surface area contributed by atoms with Gasteiger partial charge in [-0.05, 0) is 12.8 Å². The SMILES string of the molecule is CCC1OCCC1CNC(=O)C1CSCCN1. The number of carbonyl (C=O) groups excluding carboxylic acids is 1. The Bertz CT molecular complexity index is 257. The van der Waals surface area contributed by atoms with E-state index in [1.165, 1.54) is 0 Å². The average molecular weight is 258 g/mol. The molecule has 2 heterocycles. The summed E-state index contributed by atoms with van der Waals surface area (Å²) in [5.41, 5.74) is 0. The van der Waals surface area contributed by atoms with Crippen LogP contribution in [0.5, 0.6) is 0 Å². The smallest absolute Gasteiger partial charge is 0.238 e. The van der Waals surface area contributed by atoms with Gasteiger partial charge in [0.05, 0.1) is 12.1 Å². The number of hydrogen-bond donors (Lipinski definition) is 2. The van der Waals surface area contributed by atoms with Gasteiger partial charge in [-0.25, -0.2) is 0 Å². The van der Waals surface area contributed by atoms with E-state index in [4.69, 9.17) is 4.74 Å². The van der Waals surface area contributed by atoms with Crippen molar-refractivity contribution in [3.63, 3.8) is 0 Å². The maximum absolute atomic E-state index is 11.9. The van der Waals surface area contributed by atoms with E-state index >= 15 is 0 Å². The Morgan fingerprint density at radius 1 is 1.59 bits per heavy atom. The third kappa shape index (κ3) is 3.60. The monoisotopic (exact) mass is 258 g/mol. The molecular weight excluding hydrogens is 236 g/mol. The van der Waals surface area contributed by atoms with Gasteiger partial charge in [0, 0.05) is 37.1 Å². The van der Waals surface area contributed by atoms with Crippen molar-refractivity contribution in [2.75, 3.05) is 31.2 Å². The van der Waals surface area contributed by atoms with Crippen molar-refractivity contribution in [3.05, 3.63) is 0 Å². The highest BCUT2D eigenvalue weighted by atomic mass is 32.2. The molecule has 2 saturated heterocycles. The van der Waals surface area contributed by atoms with Crippen molar-refractivity contribution in [2.45, 2.75) is 31.9 Å². The van der Waals surface area contributed by atoms with E-state index in [1.807, 2.05) is 11.8 Å². The topological polar surface area (TPSA) is 50.4 Å². The fourth-order valence-electron chi connectivity index (χ4n) is 2.47. The predicted molar refractivity (Wildman–Crippen MR) is 70.3 cm³/mol. The molecule has 0 bridgehead atoms. The molecule has 98 valence electrons. The summed E-state index contributed by atoms with van der Waals surface area (Å²) >= 11 is 1.85. The quantitative estimate of drug-likeness (QED) is 0.776. The zero-order valence-electron chi connectivity index (χ0n) is 10.4. The molecule has 2 N–H and O–H groups in total. The molecule has 17 heavy (non-hydrogen) atoms. The molecule has 1 amide bonds. The highest BCUT2D eigenvalue weighted by molar-refractivity contribution is 7.99. The van der Waals surface area contributed by atoms with Crippen molar-refractivity contribution in [2.24, 2.45) is 5.92 Å². The molecule has 2 aliphatic rings. The second-order valence-corrected chi connectivity index (χ2v) is 5.84. The lowest BCUT2D eigenvalue weighted by Gasteiger charge is -2.24. The van der Waals surface area contributed by atoms with Crippen LogP contribution in [-0.4, -0.2) is 49.3 Å². The third-order valence-electron chi connectivity index (χ3n) is 3.53. The number of ether oxygens (including phenoxy) is 1. The molecule has 0 saturated carbocycles. The minimum absolute atomic E-state index is 0.00357. The Hall–Kier alpha value is -0.260. The zero-order valence-corrected chi connectivity index (χ0v) is 11.2. The minimum Gasteiger partial charge on any atom is -0.378 e. The number of rotatable bonds is 4. The molecule has 2 aliphatic heterocycles. The molecule has 0 aromatic heterocycles. The van der Waals surface area contributed by atoms with Crippen molar-refractivity contribution >= 4 is 17.7 Å². The first kappa shape index (κ1) is 13.2. The van der Waals surface area contributed by atoms with Crippen molar-refractivity contribution in [1.82, 2.24) is 10.6 Å². The van der Waals surface area contributed by atoms with Crippen LogP contribution in [0.15, 0.2) is 0 Å². The normalized spacial score (nSPS) is 33.6. The lowest BCUT2D eigenvalue weighted by atomic mass is 9.99. The summed E-state index contributed by atoms with van der Waals surface area (Å²) in [5.74, 6) is 2.65. The van der Waals surface area contributed by atoms with E-state index in [1.54, 1.807) is 0 Å². The number of hydrogen-bond acceptors (Lipinski definition) is 4. The van der Waals surface area contributed by atoms with Crippen molar-refractivity contribution in [1.29, 1.82) is 0 Å². The van der Waals surface area contributed by atoms with Crippen LogP contribution in [0.1, 0.15) is 19.8 Å². The Kier molecular flexibility index (Phi) is 5.13. The first-order valence-corrected chi connectivity index (χ1v) is 7.67. The second kappa shape index (κ2) is 6.61. The molecule has 5 heteroatoms. The molecule has 0 aliphatic carbocycles. The molecule has 2 fully saturated rings. The second-order valence-electron chi connectivity index (χ2n) is 4.69. The van der Waals surface area contributed by atoms with Gasteiger partial charge in [-0.2, -0.15) is 11.8 Å². The van der Waals surface area contributed by atoms with Crippen LogP contribution < -0.4 is 10.6 Å². The lowest BCUT2D eigenvalue weighted by molar-refractivity contribution is -0.122. The summed E-state index contributed by atoms with van der Waals surface area (Å²) in [6, 6.07) is -0.00357. The van der Waals surface area contributed by atoms with Gasteiger partial charge in [-0.15, -0.1) is 0 Å². The number of nitrogens with one attached hydrogen (secondary N) is 2. The van der Waals surface area contributed by atoms with E-state index in [2.05, 4.69) is 17.6 Å². The molecule has 3 atom stereocenters. The van der Waals surface area contributed by atoms with Crippen LogP contribution in [0.4, 0.5) is 0 Å².